The highest BCUT2D eigenvalue weighted by atomic mass is 16.2. The fourth-order valence-corrected chi connectivity index (χ4v) is 6.75. The first-order valence-electron chi connectivity index (χ1n) is 15.6. The smallest absolute Gasteiger partial charge is 0.271 e. The molecule has 4 aromatic carbocycles. The molecule has 2 aliphatic rings. The molecular weight excluding hydrogens is 588 g/mol. The van der Waals surface area contributed by atoms with Crippen molar-refractivity contribution in [1.82, 2.24) is 18.9 Å². The third kappa shape index (κ3) is 4.93. The van der Waals surface area contributed by atoms with Gasteiger partial charge in [0, 0.05) is 37.7 Å². The molecule has 6 aromatic rings. The molecule has 0 aliphatic carbocycles. The van der Waals surface area contributed by atoms with Crippen LogP contribution in [-0.2, 0) is 12.8 Å². The minimum absolute atomic E-state index is 0.0489. The first-order chi connectivity index (χ1) is 22.7. The van der Waals surface area contributed by atoms with Crippen molar-refractivity contribution in [2.75, 3.05) is 14.1 Å². The van der Waals surface area contributed by atoms with Gasteiger partial charge in [0.25, 0.3) is 23.6 Å². The van der Waals surface area contributed by atoms with Gasteiger partial charge in [0.15, 0.2) is 0 Å². The summed E-state index contributed by atoms with van der Waals surface area (Å²) in [5.41, 5.74) is 3.65. The van der Waals surface area contributed by atoms with Gasteiger partial charge in [0.1, 0.15) is 23.0 Å². The lowest BCUT2D eigenvalue weighted by Gasteiger charge is -2.41. The number of nitrogens with zero attached hydrogens (tertiary/aromatic N) is 4. The summed E-state index contributed by atoms with van der Waals surface area (Å²) >= 11 is 0. The largest absolute Gasteiger partial charge is 0.328 e. The molecule has 0 fully saturated rings. The van der Waals surface area contributed by atoms with Crippen LogP contribution in [0.5, 0.6) is 0 Å². The Kier molecular flexibility index (Phi) is 7.35. The van der Waals surface area contributed by atoms with E-state index in [0.717, 1.165) is 32.9 Å². The Bertz CT molecular complexity index is 2180. The van der Waals surface area contributed by atoms with Crippen molar-refractivity contribution < 1.29 is 19.2 Å². The molecule has 0 saturated carbocycles. The van der Waals surface area contributed by atoms with Gasteiger partial charge < -0.3 is 9.80 Å². The lowest BCUT2D eigenvalue weighted by Crippen LogP contribution is -2.60. The Labute approximate surface area is 272 Å². The predicted molar refractivity (Wildman–Crippen MR) is 182 cm³/mol. The maximum absolute atomic E-state index is 13.3. The molecule has 8 heteroatoms. The third-order valence-corrected chi connectivity index (χ3v) is 9.52. The average Bonchev–Trinajstić information content (AvgIpc) is 3.69. The van der Waals surface area contributed by atoms with Crippen LogP contribution in [0.3, 0.4) is 0 Å². The van der Waals surface area contributed by atoms with Gasteiger partial charge in [-0.15, -0.1) is 0 Å². The monoisotopic (exact) mass is 622 g/mol. The lowest BCUT2D eigenvalue weighted by atomic mass is 9.88. The second-order valence-electron chi connectivity index (χ2n) is 12.4. The zero-order chi connectivity index (χ0) is 32.9. The summed E-state index contributed by atoms with van der Waals surface area (Å²) in [5, 5.41) is 1.82. The first kappa shape index (κ1) is 29.9. The molecule has 0 saturated heterocycles. The number of hydrogen-bond donors (Lipinski definition) is 0. The Hall–Kier alpha value is -5.76. The van der Waals surface area contributed by atoms with Crippen molar-refractivity contribution in [3.05, 3.63) is 144 Å². The number of benzene rings is 4. The number of fused-ring (bicyclic) bond motifs is 6. The van der Waals surface area contributed by atoms with Crippen molar-refractivity contribution >= 4 is 45.4 Å². The maximum atomic E-state index is 13.3. The van der Waals surface area contributed by atoms with Crippen molar-refractivity contribution in [2.45, 2.75) is 31.3 Å². The molecule has 2 unspecified atom stereocenters. The van der Waals surface area contributed by atoms with Gasteiger partial charge in [-0.1, -0.05) is 97.1 Å². The van der Waals surface area contributed by atoms with Gasteiger partial charge in [-0.25, -0.2) is 0 Å². The van der Waals surface area contributed by atoms with Crippen molar-refractivity contribution in [1.29, 1.82) is 0 Å². The highest BCUT2D eigenvalue weighted by Crippen LogP contribution is 2.33. The van der Waals surface area contributed by atoms with Crippen LogP contribution < -0.4 is 0 Å². The molecule has 4 heterocycles. The quantitative estimate of drug-likeness (QED) is 0.230. The molecule has 8 nitrogen and oxygen atoms in total. The molecule has 0 N–H and O–H groups in total. The third-order valence-electron chi connectivity index (χ3n) is 9.52. The topological polar surface area (TPSA) is 84.6 Å². The van der Waals surface area contributed by atoms with Gasteiger partial charge in [-0.2, -0.15) is 0 Å². The highest BCUT2D eigenvalue weighted by molar-refractivity contribution is 6.12. The number of carbonyl (C=O) groups excluding carboxylic acids is 4. The first-order valence-corrected chi connectivity index (χ1v) is 15.6. The number of likely N-dealkylation sites (N-methyl/N-ethyl adjacent to an activating group) is 2. The van der Waals surface area contributed by atoms with E-state index in [2.05, 4.69) is 0 Å². The minimum atomic E-state index is -0.909. The average molecular weight is 623 g/mol. The summed E-state index contributed by atoms with van der Waals surface area (Å²) in [7, 11) is 3.42. The van der Waals surface area contributed by atoms with E-state index in [1.807, 2.05) is 116 Å². The number of hydrogen-bond acceptors (Lipinski definition) is 4. The number of rotatable bonds is 4. The predicted octanol–water partition coefficient (Wildman–Crippen LogP) is 6.35. The summed E-state index contributed by atoms with van der Waals surface area (Å²) < 4.78 is 3.16. The summed E-state index contributed by atoms with van der Waals surface area (Å²) in [5.74, 6) is -0.345. The van der Waals surface area contributed by atoms with Crippen molar-refractivity contribution in [2.24, 2.45) is 0 Å². The Morgan fingerprint density at radius 1 is 0.596 bits per heavy atom. The van der Waals surface area contributed by atoms with E-state index in [1.165, 1.54) is 0 Å². The minimum Gasteiger partial charge on any atom is -0.328 e. The van der Waals surface area contributed by atoms with E-state index in [0.29, 0.717) is 24.2 Å². The van der Waals surface area contributed by atoms with E-state index >= 15 is 0 Å². The van der Waals surface area contributed by atoms with Crippen molar-refractivity contribution in [3.63, 3.8) is 0 Å². The van der Waals surface area contributed by atoms with E-state index in [-0.39, 0.29) is 23.6 Å². The zero-order valence-corrected chi connectivity index (χ0v) is 26.5. The van der Waals surface area contributed by atoms with Gasteiger partial charge >= 0.3 is 0 Å². The van der Waals surface area contributed by atoms with E-state index < -0.39 is 11.6 Å². The van der Waals surface area contributed by atoms with Crippen molar-refractivity contribution in [3.8, 4) is 0 Å². The Balaban J connectivity index is 0.000000150. The van der Waals surface area contributed by atoms with E-state index in [9.17, 15) is 19.2 Å². The fraction of sp³-hybridized carbons (Fsp3) is 0.179. The number of amides is 2. The maximum Gasteiger partial charge on any atom is 0.271 e. The highest BCUT2D eigenvalue weighted by Gasteiger charge is 2.47. The normalized spacial score (nSPS) is 19.1. The molecule has 8 rings (SSSR count). The van der Waals surface area contributed by atoms with E-state index in [1.54, 1.807) is 45.2 Å². The number of para-hydroxylation sites is 2. The summed E-state index contributed by atoms with van der Waals surface area (Å²) in [6, 6.07) is 38.0. The molecule has 0 radical (unpaired) electrons. The van der Waals surface area contributed by atoms with Crippen LogP contribution in [0.2, 0.25) is 0 Å². The molecular formula is C39H34N4O4. The summed E-state index contributed by atoms with van der Waals surface area (Å²) in [6.45, 7) is 1.85. The summed E-state index contributed by atoms with van der Waals surface area (Å²) in [4.78, 5) is 55.1. The molecule has 2 amide bonds. The molecule has 2 atom stereocenters. The lowest BCUT2D eigenvalue weighted by molar-refractivity contribution is 0.0389. The SMILES string of the molecule is CN1C(=O)c2cc3ccccc3n2C(=O)C1(C)Cc1ccccc1.CN1C(=O)c2cc3ccccc3n2C(=O)C1Cc1ccccc1. The van der Waals surface area contributed by atoms with Crippen LogP contribution >= 0.6 is 0 Å². The molecule has 0 spiro atoms. The fourth-order valence-electron chi connectivity index (χ4n) is 6.75. The second kappa shape index (κ2) is 11.6. The molecule has 47 heavy (non-hydrogen) atoms. The van der Waals surface area contributed by atoms with Crippen LogP contribution in [-0.4, -0.2) is 68.2 Å². The molecule has 234 valence electrons. The summed E-state index contributed by atoms with van der Waals surface area (Å²) in [6.07, 6.45) is 1.01. The van der Waals surface area contributed by atoms with Gasteiger partial charge in [0.2, 0.25) is 0 Å². The van der Waals surface area contributed by atoms with E-state index in [4.69, 9.17) is 0 Å². The standard InChI is InChI=1S/C20H18N2O2.C19H16N2O2/c1-20(13-14-8-4-3-5-9-14)19(24)22-16-11-7-6-10-15(16)12-17(22)18(23)21(20)2;1-20-16(11-13-7-3-2-4-8-13)19(23)21-15-10-6-5-9-14(15)12-17(21)18(20)22/h3-12H,13H2,1-2H3;2-10,12,16H,11H2,1H3. The van der Waals surface area contributed by atoms with Crippen LogP contribution in [0.1, 0.15) is 48.6 Å². The Morgan fingerprint density at radius 2 is 1.09 bits per heavy atom. The molecule has 0 bridgehead atoms. The number of carbonyl (C=O) groups is 4. The van der Waals surface area contributed by atoms with Gasteiger partial charge in [-0.3, -0.25) is 28.3 Å². The zero-order valence-electron chi connectivity index (χ0n) is 26.5. The van der Waals surface area contributed by atoms with Crippen LogP contribution in [0.25, 0.3) is 21.8 Å². The van der Waals surface area contributed by atoms with Crippen LogP contribution in [0.4, 0.5) is 0 Å². The van der Waals surface area contributed by atoms with Crippen LogP contribution in [0.15, 0.2) is 121 Å². The number of aromatic nitrogens is 2. The molecule has 2 aliphatic heterocycles. The molecule has 2 aromatic heterocycles. The Morgan fingerprint density at radius 3 is 1.68 bits per heavy atom. The van der Waals surface area contributed by atoms with Gasteiger partial charge in [0.05, 0.1) is 11.0 Å². The van der Waals surface area contributed by atoms with Gasteiger partial charge in [-0.05, 0) is 42.3 Å². The van der Waals surface area contributed by atoms with Crippen LogP contribution in [0, 0.1) is 0 Å². The second-order valence-corrected chi connectivity index (χ2v) is 12.4.